The minimum Gasteiger partial charge on any atom is -0.258 e. The van der Waals surface area contributed by atoms with E-state index in [2.05, 4.69) is 5.10 Å². The van der Waals surface area contributed by atoms with E-state index in [4.69, 9.17) is 0 Å². The normalized spacial score (nSPS) is 11.0. The zero-order valence-corrected chi connectivity index (χ0v) is 6.33. The first-order valence-corrected chi connectivity index (χ1v) is 3.54. The molecule has 0 amide bonds. The summed E-state index contributed by atoms with van der Waals surface area (Å²) < 4.78 is 36.9. The van der Waals surface area contributed by atoms with E-state index in [0.29, 0.717) is 0 Å². The van der Waals surface area contributed by atoms with Gasteiger partial charge in [-0.15, -0.1) is 0 Å². The van der Waals surface area contributed by atoms with Crippen molar-refractivity contribution in [3.05, 3.63) is 12.0 Å². The predicted molar refractivity (Wildman–Crippen MR) is 33.9 cm³/mol. The van der Waals surface area contributed by atoms with Crippen LogP contribution in [0, 0.1) is 12.0 Å². The first kappa shape index (κ1) is 8.45. The Labute approximate surface area is 65.4 Å². The molecule has 11 heavy (non-hydrogen) atoms. The summed E-state index contributed by atoms with van der Waals surface area (Å²) in [4.78, 5) is 0. The number of thioether (sulfide) groups is 1. The minimum absolute atomic E-state index is 0.119. The van der Waals surface area contributed by atoms with Crippen LogP contribution in [-0.4, -0.2) is 15.5 Å². The molecule has 0 fully saturated rings. The first-order valence-electron chi connectivity index (χ1n) is 2.66. The number of alkyl halides is 2. The summed E-state index contributed by atoms with van der Waals surface area (Å²) in [6.45, 7) is 0. The van der Waals surface area contributed by atoms with Gasteiger partial charge in [-0.3, -0.25) is 4.68 Å². The second-order valence-corrected chi connectivity index (χ2v) is 2.71. The van der Waals surface area contributed by atoms with Gasteiger partial charge in [-0.05, 0) is 11.8 Å². The van der Waals surface area contributed by atoms with Gasteiger partial charge >= 0.3 is 0 Å². The first-order chi connectivity index (χ1) is 5.11. The number of aromatic nitrogens is 2. The summed E-state index contributed by atoms with van der Waals surface area (Å²) in [6, 6.07) is 0. The van der Waals surface area contributed by atoms with Gasteiger partial charge in [0.15, 0.2) is 12.0 Å². The van der Waals surface area contributed by atoms with Crippen LogP contribution in [0.1, 0.15) is 0 Å². The zero-order valence-electron chi connectivity index (χ0n) is 5.51. The smallest absolute Gasteiger partial charge is 0.258 e. The van der Waals surface area contributed by atoms with Crippen molar-refractivity contribution in [1.82, 2.24) is 9.78 Å². The van der Waals surface area contributed by atoms with Crippen LogP contribution in [0.25, 0.3) is 0 Å². The number of halogens is 3. The molecule has 0 aromatic carbocycles. The van der Waals surface area contributed by atoms with Gasteiger partial charge in [0, 0.05) is 7.05 Å². The van der Waals surface area contributed by atoms with Crippen LogP contribution in [0.3, 0.4) is 0 Å². The molecule has 0 spiro atoms. The third kappa shape index (κ3) is 1.89. The van der Waals surface area contributed by atoms with Crippen LogP contribution >= 0.6 is 11.8 Å². The number of rotatable bonds is 2. The number of nitrogens with zero attached hydrogens (tertiary/aromatic N) is 2. The van der Waals surface area contributed by atoms with E-state index in [-0.39, 0.29) is 16.8 Å². The van der Waals surface area contributed by atoms with Crippen molar-refractivity contribution in [2.24, 2.45) is 7.05 Å². The fourth-order valence-corrected chi connectivity index (χ4v) is 1.08. The lowest BCUT2D eigenvalue weighted by Crippen LogP contribution is -1.95. The largest absolute Gasteiger partial charge is 0.290 e. The molecule has 61 valence electrons. The molecule has 1 aromatic heterocycles. The highest BCUT2D eigenvalue weighted by atomic mass is 32.2. The lowest BCUT2D eigenvalue weighted by Gasteiger charge is -1.98. The highest BCUT2D eigenvalue weighted by Crippen LogP contribution is 2.26. The molecule has 2 nitrogen and oxygen atoms in total. The quantitative estimate of drug-likeness (QED) is 0.646. The fraction of sp³-hybridized carbons (Fsp3) is 0.400. The Hall–Kier alpha value is -0.650. The second kappa shape index (κ2) is 3.17. The highest BCUT2D eigenvalue weighted by molar-refractivity contribution is 7.99. The van der Waals surface area contributed by atoms with Gasteiger partial charge < -0.3 is 0 Å². The molecule has 0 bridgehead atoms. The van der Waals surface area contributed by atoms with Crippen LogP contribution in [-0.2, 0) is 7.05 Å². The van der Waals surface area contributed by atoms with Gasteiger partial charge in [0.2, 0.25) is 0 Å². The van der Waals surface area contributed by atoms with E-state index in [1.54, 1.807) is 0 Å². The van der Waals surface area contributed by atoms with Crippen molar-refractivity contribution in [3.8, 4) is 0 Å². The summed E-state index contributed by atoms with van der Waals surface area (Å²) >= 11 is 0.119. The van der Waals surface area contributed by atoms with Gasteiger partial charge in [0.25, 0.3) is 5.76 Å². The van der Waals surface area contributed by atoms with Crippen molar-refractivity contribution in [2.75, 3.05) is 0 Å². The van der Waals surface area contributed by atoms with Gasteiger partial charge in [-0.2, -0.15) is 13.9 Å². The number of hydrogen-bond acceptors (Lipinski definition) is 2. The predicted octanol–water partition coefficient (Wildman–Crippen LogP) is 1.67. The van der Waals surface area contributed by atoms with Gasteiger partial charge in [0.05, 0.1) is 0 Å². The van der Waals surface area contributed by atoms with Crippen LogP contribution in [0.15, 0.2) is 5.03 Å². The van der Waals surface area contributed by atoms with Gasteiger partial charge in [-0.1, -0.05) is 0 Å². The zero-order chi connectivity index (χ0) is 8.43. The Morgan fingerprint density at radius 1 is 1.64 bits per heavy atom. The topological polar surface area (TPSA) is 17.8 Å². The van der Waals surface area contributed by atoms with E-state index < -0.39 is 11.6 Å². The summed E-state index contributed by atoms with van der Waals surface area (Å²) in [5.41, 5.74) is 0. The third-order valence-electron chi connectivity index (χ3n) is 0.981. The molecule has 0 N–H and O–H groups in total. The molecule has 1 rings (SSSR count). The lowest BCUT2D eigenvalue weighted by atomic mass is 10.7. The molecule has 1 heterocycles. The van der Waals surface area contributed by atoms with Crippen molar-refractivity contribution < 1.29 is 13.2 Å². The van der Waals surface area contributed by atoms with Crippen molar-refractivity contribution in [1.29, 1.82) is 0 Å². The Bertz CT molecular complexity index is 228. The van der Waals surface area contributed by atoms with E-state index in [9.17, 15) is 13.2 Å². The van der Waals surface area contributed by atoms with E-state index in [1.807, 2.05) is 6.20 Å². The summed E-state index contributed by atoms with van der Waals surface area (Å²) in [5.74, 6) is -3.47. The second-order valence-electron chi connectivity index (χ2n) is 1.73. The van der Waals surface area contributed by atoms with E-state index >= 15 is 0 Å². The summed E-state index contributed by atoms with van der Waals surface area (Å²) in [5, 5.41) is 3.14. The minimum atomic E-state index is -2.63. The lowest BCUT2D eigenvalue weighted by molar-refractivity contribution is 0.251. The summed E-state index contributed by atoms with van der Waals surface area (Å²) in [7, 11) is 1.38. The monoisotopic (exact) mass is 181 g/mol. The standard InChI is InChI=1S/C5H4F3N2S/c1-10-4(11-5(7)8)3(6)2-9-10/h5H,1H3. The van der Waals surface area contributed by atoms with Crippen molar-refractivity contribution >= 4 is 11.8 Å². The fourth-order valence-electron chi connectivity index (χ4n) is 0.567. The highest BCUT2D eigenvalue weighted by Gasteiger charge is 2.14. The maximum atomic E-state index is 12.5. The van der Waals surface area contributed by atoms with Crippen molar-refractivity contribution in [3.63, 3.8) is 0 Å². The summed E-state index contributed by atoms with van der Waals surface area (Å²) in [6.07, 6.45) is 1.93. The molecular formula is C5H4F3N2S. The molecule has 1 radical (unpaired) electrons. The molecular weight excluding hydrogens is 177 g/mol. The average molecular weight is 181 g/mol. The van der Waals surface area contributed by atoms with Gasteiger partial charge in [0.1, 0.15) is 5.03 Å². The van der Waals surface area contributed by atoms with Crippen LogP contribution < -0.4 is 0 Å². The van der Waals surface area contributed by atoms with Gasteiger partial charge in [-0.25, -0.2) is 4.39 Å². The van der Waals surface area contributed by atoms with Crippen molar-refractivity contribution in [2.45, 2.75) is 10.8 Å². The molecule has 0 unspecified atom stereocenters. The molecule has 0 atom stereocenters. The molecule has 0 aliphatic carbocycles. The molecule has 0 saturated carbocycles. The SMILES string of the molecule is Cn1n[c]c(F)c1SC(F)F. The third-order valence-corrected chi connectivity index (χ3v) is 1.83. The molecule has 0 aliphatic heterocycles. The Balaban J connectivity index is 2.83. The van der Waals surface area contributed by atoms with Crippen LogP contribution in [0.4, 0.5) is 13.2 Å². The Kier molecular flexibility index (Phi) is 2.43. The van der Waals surface area contributed by atoms with Crippen LogP contribution in [0.2, 0.25) is 0 Å². The number of hydrogen-bond donors (Lipinski definition) is 0. The Morgan fingerprint density at radius 3 is 2.64 bits per heavy atom. The molecule has 1 aromatic rings. The average Bonchev–Trinajstić information content (AvgIpc) is 2.18. The number of aryl methyl sites for hydroxylation is 1. The van der Waals surface area contributed by atoms with E-state index in [0.717, 1.165) is 4.68 Å². The molecule has 6 heteroatoms. The van der Waals surface area contributed by atoms with E-state index in [1.165, 1.54) is 7.05 Å². The van der Waals surface area contributed by atoms with Crippen LogP contribution in [0.5, 0.6) is 0 Å². The maximum absolute atomic E-state index is 12.5. The molecule has 0 saturated heterocycles. The molecule has 0 aliphatic rings. The Morgan fingerprint density at radius 2 is 2.27 bits per heavy atom. The maximum Gasteiger partial charge on any atom is 0.290 e.